The van der Waals surface area contributed by atoms with Crippen LogP contribution >= 0.6 is 12.6 Å². The number of para-hydroxylation sites is 2. The van der Waals surface area contributed by atoms with Crippen molar-refractivity contribution in [2.45, 2.75) is 12.3 Å². The predicted molar refractivity (Wildman–Crippen MR) is 60.8 cm³/mol. The zero-order chi connectivity index (χ0) is 10.9. The number of oxazole rings is 1. The summed E-state index contributed by atoms with van der Waals surface area (Å²) >= 11 is 4.15. The first-order valence-corrected chi connectivity index (χ1v) is 5.21. The van der Waals surface area contributed by atoms with E-state index in [1.165, 1.54) is 0 Å². The van der Waals surface area contributed by atoms with Gasteiger partial charge in [0, 0.05) is 5.75 Å². The Hall–Kier alpha value is -1.47. The standard InChI is InChI=1S/C11H10N2OS/c1-11(6-12,7-15)10-13-8-4-2-3-5-9(8)14-10/h2-5,15H,7H2,1H3. The SMILES string of the molecule is CC(C#N)(CS)c1nc2ccccc2o1. The zero-order valence-electron chi connectivity index (χ0n) is 8.27. The lowest BCUT2D eigenvalue weighted by molar-refractivity contribution is 0.455. The van der Waals surface area contributed by atoms with E-state index in [0.717, 1.165) is 5.52 Å². The molecular formula is C11H10N2OS. The van der Waals surface area contributed by atoms with Gasteiger partial charge in [-0.1, -0.05) is 12.1 Å². The van der Waals surface area contributed by atoms with Crippen LogP contribution in [0.4, 0.5) is 0 Å². The summed E-state index contributed by atoms with van der Waals surface area (Å²) in [5.41, 5.74) is 0.716. The summed E-state index contributed by atoms with van der Waals surface area (Å²) in [4.78, 5) is 4.29. The Bertz CT molecular complexity index is 496. The lowest BCUT2D eigenvalue weighted by Gasteiger charge is -2.12. The molecule has 76 valence electrons. The zero-order valence-corrected chi connectivity index (χ0v) is 9.16. The summed E-state index contributed by atoms with van der Waals surface area (Å²) in [6, 6.07) is 9.63. The van der Waals surface area contributed by atoms with Gasteiger partial charge in [0.05, 0.1) is 6.07 Å². The van der Waals surface area contributed by atoms with Gasteiger partial charge < -0.3 is 4.42 Å². The first kappa shape index (κ1) is 10.1. The molecule has 0 aliphatic carbocycles. The van der Waals surface area contributed by atoms with E-state index in [-0.39, 0.29) is 0 Å². The Balaban J connectivity index is 2.59. The summed E-state index contributed by atoms with van der Waals surface area (Å²) in [6.45, 7) is 1.77. The number of thiol groups is 1. The lowest BCUT2D eigenvalue weighted by Crippen LogP contribution is -2.21. The van der Waals surface area contributed by atoms with Crippen molar-refractivity contribution in [3.8, 4) is 6.07 Å². The molecule has 1 aromatic heterocycles. The van der Waals surface area contributed by atoms with Gasteiger partial charge in [-0.25, -0.2) is 4.98 Å². The van der Waals surface area contributed by atoms with Crippen molar-refractivity contribution in [3.63, 3.8) is 0 Å². The summed E-state index contributed by atoms with van der Waals surface area (Å²) in [6.07, 6.45) is 0. The van der Waals surface area contributed by atoms with Crippen LogP contribution in [0.1, 0.15) is 12.8 Å². The molecule has 0 N–H and O–H groups in total. The average Bonchev–Trinajstić information content (AvgIpc) is 2.72. The van der Waals surface area contributed by atoms with E-state index >= 15 is 0 Å². The molecule has 0 aliphatic heterocycles. The molecule has 0 aliphatic rings. The van der Waals surface area contributed by atoms with Gasteiger partial charge in [-0.15, -0.1) is 0 Å². The van der Waals surface area contributed by atoms with Crippen molar-refractivity contribution < 1.29 is 4.42 Å². The molecule has 2 aromatic rings. The van der Waals surface area contributed by atoms with E-state index in [4.69, 9.17) is 9.68 Å². The third-order valence-electron chi connectivity index (χ3n) is 2.33. The number of fused-ring (bicyclic) bond motifs is 1. The fourth-order valence-corrected chi connectivity index (χ4v) is 1.47. The van der Waals surface area contributed by atoms with Crippen LogP contribution in [0.2, 0.25) is 0 Å². The lowest BCUT2D eigenvalue weighted by atomic mass is 9.96. The monoisotopic (exact) mass is 218 g/mol. The average molecular weight is 218 g/mol. The number of rotatable bonds is 2. The highest BCUT2D eigenvalue weighted by Crippen LogP contribution is 2.27. The second-order valence-corrected chi connectivity index (χ2v) is 3.90. The maximum absolute atomic E-state index is 9.06. The normalized spacial score (nSPS) is 14.7. The molecule has 0 amide bonds. The minimum atomic E-state index is -0.762. The second-order valence-electron chi connectivity index (χ2n) is 3.59. The minimum Gasteiger partial charge on any atom is -0.439 e. The molecule has 2 rings (SSSR count). The fraction of sp³-hybridized carbons (Fsp3) is 0.273. The number of aromatic nitrogens is 1. The van der Waals surface area contributed by atoms with Crippen molar-refractivity contribution in [1.82, 2.24) is 4.98 Å². The van der Waals surface area contributed by atoms with Crippen LogP contribution in [0.5, 0.6) is 0 Å². The molecule has 1 atom stereocenters. The van der Waals surface area contributed by atoms with Crippen LogP contribution in [0.3, 0.4) is 0 Å². The Kier molecular flexibility index (Phi) is 2.41. The van der Waals surface area contributed by atoms with Crippen LogP contribution in [0.15, 0.2) is 28.7 Å². The van der Waals surface area contributed by atoms with E-state index in [9.17, 15) is 0 Å². The van der Waals surface area contributed by atoms with Crippen LogP contribution in [0.25, 0.3) is 11.1 Å². The van der Waals surface area contributed by atoms with Crippen molar-refractivity contribution >= 4 is 23.7 Å². The molecule has 0 radical (unpaired) electrons. The van der Waals surface area contributed by atoms with Gasteiger partial charge >= 0.3 is 0 Å². The summed E-state index contributed by atoms with van der Waals surface area (Å²) in [5.74, 6) is 0.817. The molecule has 0 saturated heterocycles. The summed E-state index contributed by atoms with van der Waals surface area (Å²) < 4.78 is 5.53. The topological polar surface area (TPSA) is 49.8 Å². The number of hydrogen-bond acceptors (Lipinski definition) is 4. The van der Waals surface area contributed by atoms with Gasteiger partial charge in [0.2, 0.25) is 5.89 Å². The Morgan fingerprint density at radius 2 is 2.27 bits per heavy atom. The van der Waals surface area contributed by atoms with Crippen LogP contribution in [-0.4, -0.2) is 10.7 Å². The number of hydrogen-bond donors (Lipinski definition) is 1. The molecular weight excluding hydrogens is 208 g/mol. The van der Waals surface area contributed by atoms with Crippen LogP contribution < -0.4 is 0 Å². The van der Waals surface area contributed by atoms with Gasteiger partial charge in [0.15, 0.2) is 5.58 Å². The van der Waals surface area contributed by atoms with E-state index in [1.54, 1.807) is 6.92 Å². The maximum Gasteiger partial charge on any atom is 0.216 e. The first-order chi connectivity index (χ1) is 7.19. The fourth-order valence-electron chi connectivity index (χ4n) is 1.26. The molecule has 0 saturated carbocycles. The molecule has 1 aromatic carbocycles. The van der Waals surface area contributed by atoms with Gasteiger partial charge in [-0.3, -0.25) is 0 Å². The summed E-state index contributed by atoms with van der Waals surface area (Å²) in [5, 5.41) is 9.06. The molecule has 3 nitrogen and oxygen atoms in total. The van der Waals surface area contributed by atoms with Gasteiger partial charge in [0.1, 0.15) is 10.9 Å². The van der Waals surface area contributed by atoms with E-state index in [0.29, 0.717) is 17.2 Å². The third-order valence-corrected chi connectivity index (χ3v) is 2.96. The highest BCUT2D eigenvalue weighted by molar-refractivity contribution is 7.80. The van der Waals surface area contributed by atoms with Crippen molar-refractivity contribution in [2.75, 3.05) is 5.75 Å². The molecule has 0 bridgehead atoms. The molecule has 15 heavy (non-hydrogen) atoms. The second kappa shape index (κ2) is 3.59. The highest BCUT2D eigenvalue weighted by atomic mass is 32.1. The molecule has 0 spiro atoms. The van der Waals surface area contributed by atoms with E-state index < -0.39 is 5.41 Å². The Morgan fingerprint density at radius 3 is 2.87 bits per heavy atom. The van der Waals surface area contributed by atoms with Gasteiger partial charge in [0.25, 0.3) is 0 Å². The van der Waals surface area contributed by atoms with Crippen LogP contribution in [-0.2, 0) is 5.41 Å². The number of nitrogens with zero attached hydrogens (tertiary/aromatic N) is 2. The Labute approximate surface area is 93.1 Å². The highest BCUT2D eigenvalue weighted by Gasteiger charge is 2.30. The smallest absolute Gasteiger partial charge is 0.216 e. The van der Waals surface area contributed by atoms with Gasteiger partial charge in [-0.05, 0) is 19.1 Å². The molecule has 4 heteroatoms. The summed E-state index contributed by atoms with van der Waals surface area (Å²) in [7, 11) is 0. The van der Waals surface area contributed by atoms with Crippen molar-refractivity contribution in [2.24, 2.45) is 0 Å². The number of nitriles is 1. The quantitative estimate of drug-likeness (QED) is 0.788. The van der Waals surface area contributed by atoms with Crippen molar-refractivity contribution in [3.05, 3.63) is 30.2 Å². The Morgan fingerprint density at radius 1 is 1.53 bits per heavy atom. The molecule has 0 fully saturated rings. The maximum atomic E-state index is 9.06. The van der Waals surface area contributed by atoms with Crippen LogP contribution in [0, 0.1) is 11.3 Å². The predicted octanol–water partition coefficient (Wildman–Crippen LogP) is 2.54. The third kappa shape index (κ3) is 1.59. The molecule has 1 heterocycles. The first-order valence-electron chi connectivity index (χ1n) is 4.58. The van der Waals surface area contributed by atoms with Crippen molar-refractivity contribution in [1.29, 1.82) is 5.26 Å². The van der Waals surface area contributed by atoms with E-state index in [2.05, 4.69) is 23.7 Å². The largest absolute Gasteiger partial charge is 0.439 e. The van der Waals surface area contributed by atoms with E-state index in [1.807, 2.05) is 24.3 Å². The minimum absolute atomic E-state index is 0.385. The number of benzene rings is 1. The van der Waals surface area contributed by atoms with Gasteiger partial charge in [-0.2, -0.15) is 17.9 Å². The molecule has 1 unspecified atom stereocenters.